The van der Waals surface area contributed by atoms with Gasteiger partial charge in [0.15, 0.2) is 0 Å². The van der Waals surface area contributed by atoms with Gasteiger partial charge >= 0.3 is 16.3 Å². The molecule has 3 N–H and O–H groups in total. The quantitative estimate of drug-likeness (QED) is 0.588. The third kappa shape index (κ3) is 4.06. The summed E-state index contributed by atoms with van der Waals surface area (Å²) in [6.07, 6.45) is -1.02. The number of nitrogens with two attached hydrogens (primary N) is 1. The highest BCUT2D eigenvalue weighted by molar-refractivity contribution is 7.87. The van der Waals surface area contributed by atoms with Gasteiger partial charge in [0, 0.05) is 20.1 Å². The largest absolute Gasteiger partial charge is 0.452 e. The van der Waals surface area contributed by atoms with Gasteiger partial charge in [-0.15, -0.1) is 0 Å². The number of carbonyl (C=O) groups is 1. The van der Waals surface area contributed by atoms with Crippen LogP contribution in [0.25, 0.3) is 0 Å². The van der Waals surface area contributed by atoms with Crippen LogP contribution in [-0.2, 0) is 14.9 Å². The summed E-state index contributed by atoms with van der Waals surface area (Å²) in [5, 5.41) is 0. The monoisotopic (exact) mass is 211 g/mol. The van der Waals surface area contributed by atoms with Crippen molar-refractivity contribution in [2.45, 2.75) is 0 Å². The van der Waals surface area contributed by atoms with Crippen LogP contribution in [-0.4, -0.2) is 46.1 Å². The number of hydrogen-bond acceptors (Lipinski definition) is 5. The molecule has 0 spiro atoms. The Balaban J connectivity index is 4.31. The summed E-state index contributed by atoms with van der Waals surface area (Å²) in [6.45, 7) is 0.310. The molecular weight excluding hydrogens is 198 g/mol. The van der Waals surface area contributed by atoms with Gasteiger partial charge in [0.1, 0.15) is 0 Å². The predicted octanol–water partition coefficient (Wildman–Crippen LogP) is -1.52. The van der Waals surface area contributed by atoms with Crippen molar-refractivity contribution in [3.8, 4) is 0 Å². The Bertz CT molecular complexity index is 263. The minimum atomic E-state index is -3.80. The zero-order chi connectivity index (χ0) is 10.5. The molecule has 1 amide bonds. The fourth-order valence-electron chi connectivity index (χ4n) is 0.527. The Hall–Kier alpha value is -0.860. The molecule has 0 heterocycles. The van der Waals surface area contributed by atoms with Gasteiger partial charge in [-0.25, -0.2) is 9.52 Å². The first-order chi connectivity index (χ1) is 5.94. The molecule has 0 rings (SSSR count). The van der Waals surface area contributed by atoms with Crippen molar-refractivity contribution in [2.24, 2.45) is 5.73 Å². The standard InChI is InChI=1S/C5H13N3O4S/c1-8(4-3-6)13(10,11)7-5(9)12-2/h3-4,6H2,1-2H3,(H,7,9). The van der Waals surface area contributed by atoms with Gasteiger partial charge in [-0.05, 0) is 0 Å². The molecule has 0 atom stereocenters. The maximum Gasteiger partial charge on any atom is 0.421 e. The van der Waals surface area contributed by atoms with E-state index in [-0.39, 0.29) is 13.1 Å². The fourth-order valence-corrected chi connectivity index (χ4v) is 1.32. The highest BCUT2D eigenvalue weighted by atomic mass is 32.2. The van der Waals surface area contributed by atoms with E-state index < -0.39 is 16.3 Å². The molecule has 0 aromatic rings. The van der Waals surface area contributed by atoms with Crippen molar-refractivity contribution < 1.29 is 17.9 Å². The third-order valence-corrected chi connectivity index (χ3v) is 2.68. The summed E-state index contributed by atoms with van der Waals surface area (Å²) < 4.78 is 29.0. The summed E-state index contributed by atoms with van der Waals surface area (Å²) in [5.74, 6) is 0. The minimum absolute atomic E-state index is 0.131. The molecule has 78 valence electrons. The van der Waals surface area contributed by atoms with Crippen LogP contribution in [0.4, 0.5) is 4.79 Å². The zero-order valence-electron chi connectivity index (χ0n) is 7.48. The smallest absolute Gasteiger partial charge is 0.421 e. The molecule has 0 unspecified atom stereocenters. The second-order valence-electron chi connectivity index (χ2n) is 2.21. The van der Waals surface area contributed by atoms with E-state index in [2.05, 4.69) is 4.74 Å². The third-order valence-electron chi connectivity index (χ3n) is 1.25. The molecule has 0 aliphatic rings. The van der Waals surface area contributed by atoms with Crippen LogP contribution in [0.3, 0.4) is 0 Å². The molecule has 0 fully saturated rings. The number of ether oxygens (including phenoxy) is 1. The normalized spacial score (nSPS) is 11.4. The zero-order valence-corrected chi connectivity index (χ0v) is 8.30. The molecule has 7 nitrogen and oxygen atoms in total. The molecule has 0 radical (unpaired) electrons. The Kier molecular flexibility index (Phi) is 4.67. The Morgan fingerprint density at radius 3 is 2.54 bits per heavy atom. The van der Waals surface area contributed by atoms with E-state index in [0.29, 0.717) is 0 Å². The average molecular weight is 211 g/mol. The lowest BCUT2D eigenvalue weighted by atomic mass is 10.7. The molecule has 0 bridgehead atoms. The first-order valence-corrected chi connectivity index (χ1v) is 4.90. The van der Waals surface area contributed by atoms with Crippen molar-refractivity contribution in [3.63, 3.8) is 0 Å². The molecular formula is C5H13N3O4S. The number of likely N-dealkylation sites (N-methyl/N-ethyl adjacent to an activating group) is 1. The van der Waals surface area contributed by atoms with Crippen molar-refractivity contribution >= 4 is 16.3 Å². The lowest BCUT2D eigenvalue weighted by molar-refractivity contribution is 0.177. The van der Waals surface area contributed by atoms with Gasteiger partial charge in [-0.2, -0.15) is 12.7 Å². The van der Waals surface area contributed by atoms with Crippen LogP contribution in [0.5, 0.6) is 0 Å². The summed E-state index contributed by atoms with van der Waals surface area (Å²) in [5.41, 5.74) is 5.14. The van der Waals surface area contributed by atoms with E-state index >= 15 is 0 Å². The van der Waals surface area contributed by atoms with Crippen molar-refractivity contribution in [2.75, 3.05) is 27.2 Å². The van der Waals surface area contributed by atoms with E-state index in [0.717, 1.165) is 11.4 Å². The number of nitrogens with one attached hydrogen (secondary N) is 1. The van der Waals surface area contributed by atoms with Crippen LogP contribution in [0, 0.1) is 0 Å². The van der Waals surface area contributed by atoms with Crippen molar-refractivity contribution in [3.05, 3.63) is 0 Å². The second-order valence-corrected chi connectivity index (χ2v) is 3.99. The lowest BCUT2D eigenvalue weighted by Gasteiger charge is -2.15. The maximum absolute atomic E-state index is 11.1. The Morgan fingerprint density at radius 1 is 1.62 bits per heavy atom. The van der Waals surface area contributed by atoms with Gasteiger partial charge in [0.25, 0.3) is 0 Å². The van der Waals surface area contributed by atoms with E-state index in [4.69, 9.17) is 5.73 Å². The second kappa shape index (κ2) is 5.00. The Labute approximate surface area is 77.0 Å². The van der Waals surface area contributed by atoms with Gasteiger partial charge in [0.2, 0.25) is 0 Å². The van der Waals surface area contributed by atoms with Gasteiger partial charge in [-0.3, -0.25) is 0 Å². The minimum Gasteiger partial charge on any atom is -0.452 e. The highest BCUT2D eigenvalue weighted by Gasteiger charge is 2.19. The van der Waals surface area contributed by atoms with Crippen LogP contribution in [0.15, 0.2) is 0 Å². The van der Waals surface area contributed by atoms with E-state index in [1.807, 2.05) is 0 Å². The first-order valence-electron chi connectivity index (χ1n) is 3.46. The SMILES string of the molecule is COC(=O)NS(=O)(=O)N(C)CCN. The Morgan fingerprint density at radius 2 is 2.15 bits per heavy atom. The summed E-state index contributed by atoms with van der Waals surface area (Å²) >= 11 is 0. The van der Waals surface area contributed by atoms with Gasteiger partial charge < -0.3 is 10.5 Å². The number of amides is 1. The lowest BCUT2D eigenvalue weighted by Crippen LogP contribution is -2.43. The topological polar surface area (TPSA) is 102 Å². The van der Waals surface area contributed by atoms with Crippen LogP contribution in [0.1, 0.15) is 0 Å². The number of carbonyl (C=O) groups excluding carboxylic acids is 1. The van der Waals surface area contributed by atoms with Gasteiger partial charge in [-0.1, -0.05) is 0 Å². The summed E-state index contributed by atoms with van der Waals surface area (Å²) in [7, 11) is -1.42. The first kappa shape index (κ1) is 12.1. The van der Waals surface area contributed by atoms with E-state index in [1.165, 1.54) is 7.05 Å². The predicted molar refractivity (Wildman–Crippen MR) is 46.1 cm³/mol. The summed E-state index contributed by atoms with van der Waals surface area (Å²) in [6, 6.07) is 0. The van der Waals surface area contributed by atoms with Gasteiger partial charge in [0.05, 0.1) is 7.11 Å². The number of hydrogen-bond donors (Lipinski definition) is 2. The molecule has 13 heavy (non-hydrogen) atoms. The van der Waals surface area contributed by atoms with Crippen LogP contribution in [0.2, 0.25) is 0 Å². The number of methoxy groups -OCH3 is 1. The average Bonchev–Trinajstić information content (AvgIpc) is 2.04. The fraction of sp³-hybridized carbons (Fsp3) is 0.800. The highest BCUT2D eigenvalue weighted by Crippen LogP contribution is 1.92. The van der Waals surface area contributed by atoms with Crippen molar-refractivity contribution in [1.29, 1.82) is 0 Å². The summed E-state index contributed by atoms with van der Waals surface area (Å²) in [4.78, 5) is 10.6. The molecule has 8 heteroatoms. The molecule has 0 saturated heterocycles. The number of rotatable bonds is 4. The molecule has 0 aromatic heterocycles. The van der Waals surface area contributed by atoms with E-state index in [9.17, 15) is 13.2 Å². The molecule has 0 saturated carbocycles. The molecule has 0 aromatic carbocycles. The molecule has 0 aliphatic carbocycles. The number of nitrogens with zero attached hydrogens (tertiary/aromatic N) is 1. The van der Waals surface area contributed by atoms with Crippen molar-refractivity contribution in [1.82, 2.24) is 9.03 Å². The molecule has 0 aliphatic heterocycles. The van der Waals surface area contributed by atoms with Crippen LogP contribution >= 0.6 is 0 Å². The van der Waals surface area contributed by atoms with Crippen LogP contribution < -0.4 is 10.5 Å². The van der Waals surface area contributed by atoms with E-state index in [1.54, 1.807) is 4.72 Å². The maximum atomic E-state index is 11.1.